The highest BCUT2D eigenvalue weighted by molar-refractivity contribution is 8.18. The predicted molar refractivity (Wildman–Crippen MR) is 93.5 cm³/mol. The summed E-state index contributed by atoms with van der Waals surface area (Å²) in [6, 6.07) is 11.8. The smallest absolute Gasteiger partial charge is 0.293 e. The maximum absolute atomic E-state index is 12.4. The normalized spacial score (nSPS) is 16.9. The number of aryl methyl sites for hydroxylation is 1. The zero-order chi connectivity index (χ0) is 16.6. The second kappa shape index (κ2) is 6.08. The molecule has 0 radical (unpaired) electrons. The van der Waals surface area contributed by atoms with Crippen LogP contribution in [0.4, 0.5) is 4.79 Å². The monoisotopic (exact) mass is 326 g/mol. The van der Waals surface area contributed by atoms with Gasteiger partial charge in [0, 0.05) is 23.6 Å². The molecule has 0 unspecified atom stereocenters. The van der Waals surface area contributed by atoms with E-state index in [2.05, 4.69) is 0 Å². The van der Waals surface area contributed by atoms with Crippen LogP contribution in [-0.2, 0) is 4.79 Å². The quantitative estimate of drug-likeness (QED) is 0.793. The highest BCUT2D eigenvalue weighted by Gasteiger charge is 2.36. The zero-order valence-electron chi connectivity index (χ0n) is 13.3. The lowest BCUT2D eigenvalue weighted by Gasteiger charge is -2.16. The molecule has 118 valence electrons. The molecule has 0 spiro atoms. The minimum Gasteiger partial charge on any atom is -0.317 e. The number of carbonyl (C=O) groups is 2. The molecular weight excluding hydrogens is 308 g/mol. The highest BCUT2D eigenvalue weighted by atomic mass is 32.2. The number of imide groups is 1. The third-order valence-corrected chi connectivity index (χ3v) is 4.66. The first-order chi connectivity index (χ1) is 11.0. The lowest BCUT2D eigenvalue weighted by Crippen LogP contribution is -2.34. The van der Waals surface area contributed by atoms with Crippen LogP contribution in [0.5, 0.6) is 0 Å². The second-order valence-corrected chi connectivity index (χ2v) is 6.73. The van der Waals surface area contributed by atoms with Crippen LogP contribution in [0.3, 0.4) is 0 Å². The van der Waals surface area contributed by atoms with Crippen molar-refractivity contribution in [2.75, 3.05) is 0 Å². The Kier molecular flexibility index (Phi) is 4.13. The Morgan fingerprint density at radius 1 is 1.09 bits per heavy atom. The highest BCUT2D eigenvalue weighted by Crippen LogP contribution is 2.34. The van der Waals surface area contributed by atoms with Crippen molar-refractivity contribution in [3.63, 3.8) is 0 Å². The van der Waals surface area contributed by atoms with E-state index in [-0.39, 0.29) is 17.2 Å². The van der Waals surface area contributed by atoms with Crippen molar-refractivity contribution in [2.24, 2.45) is 0 Å². The summed E-state index contributed by atoms with van der Waals surface area (Å²) in [4.78, 5) is 26.2. The fourth-order valence-corrected chi connectivity index (χ4v) is 3.57. The minimum atomic E-state index is -0.215. The summed E-state index contributed by atoms with van der Waals surface area (Å²) in [5, 5.41) is -0.203. The van der Waals surface area contributed by atoms with Crippen molar-refractivity contribution in [2.45, 2.75) is 26.8 Å². The topological polar surface area (TPSA) is 42.3 Å². The molecule has 0 bridgehead atoms. The molecular formula is C18H18N2O2S. The van der Waals surface area contributed by atoms with Gasteiger partial charge in [0.2, 0.25) is 0 Å². The summed E-state index contributed by atoms with van der Waals surface area (Å²) in [6.45, 7) is 5.73. The number of nitrogens with zero attached hydrogens (tertiary/aromatic N) is 2. The molecule has 0 N–H and O–H groups in total. The predicted octanol–water partition coefficient (Wildman–Crippen LogP) is 4.23. The van der Waals surface area contributed by atoms with Crippen LogP contribution >= 0.6 is 11.8 Å². The molecule has 1 aliphatic rings. The lowest BCUT2D eigenvalue weighted by atomic mass is 10.2. The number of aromatic nitrogens is 1. The van der Waals surface area contributed by atoms with Gasteiger partial charge in [-0.25, -0.2) is 0 Å². The largest absolute Gasteiger partial charge is 0.317 e. The fourth-order valence-electron chi connectivity index (χ4n) is 2.62. The third kappa shape index (κ3) is 2.84. The zero-order valence-corrected chi connectivity index (χ0v) is 14.1. The van der Waals surface area contributed by atoms with Crippen molar-refractivity contribution >= 4 is 29.0 Å². The lowest BCUT2D eigenvalue weighted by molar-refractivity contribution is -0.123. The first-order valence-corrected chi connectivity index (χ1v) is 8.31. The van der Waals surface area contributed by atoms with E-state index in [0.29, 0.717) is 4.91 Å². The standard InChI is InChI=1S/C18H18N2O2S/c1-12(2)20-17(21)16(23-18(20)22)11-14-8-6-10-19(14)15-9-5-4-7-13(15)3/h4-12H,1-3H3/b16-11+. The molecule has 1 aromatic carbocycles. The Morgan fingerprint density at radius 3 is 2.48 bits per heavy atom. The Balaban J connectivity index is 2.00. The van der Waals surface area contributed by atoms with Gasteiger partial charge in [-0.15, -0.1) is 0 Å². The maximum Gasteiger partial charge on any atom is 0.293 e. The number of hydrogen-bond acceptors (Lipinski definition) is 3. The second-order valence-electron chi connectivity index (χ2n) is 5.74. The molecule has 2 heterocycles. The van der Waals surface area contributed by atoms with E-state index in [0.717, 1.165) is 28.7 Å². The van der Waals surface area contributed by atoms with Gasteiger partial charge in [-0.2, -0.15) is 0 Å². The number of para-hydroxylation sites is 1. The van der Waals surface area contributed by atoms with Crippen molar-refractivity contribution < 1.29 is 9.59 Å². The van der Waals surface area contributed by atoms with E-state index >= 15 is 0 Å². The van der Waals surface area contributed by atoms with Crippen LogP contribution < -0.4 is 0 Å². The number of benzene rings is 1. The molecule has 1 fully saturated rings. The average Bonchev–Trinajstić information content (AvgIpc) is 3.05. The molecule has 5 heteroatoms. The van der Waals surface area contributed by atoms with Crippen molar-refractivity contribution in [3.8, 4) is 5.69 Å². The average molecular weight is 326 g/mol. The molecule has 2 amide bonds. The van der Waals surface area contributed by atoms with Crippen LogP contribution in [0.25, 0.3) is 11.8 Å². The number of amides is 2. The summed E-state index contributed by atoms with van der Waals surface area (Å²) >= 11 is 1.00. The van der Waals surface area contributed by atoms with E-state index in [1.165, 1.54) is 4.90 Å². The van der Waals surface area contributed by atoms with Gasteiger partial charge in [-0.1, -0.05) is 18.2 Å². The first-order valence-electron chi connectivity index (χ1n) is 7.49. The Bertz CT molecular complexity index is 805. The molecule has 0 aliphatic carbocycles. The molecule has 3 rings (SSSR count). The van der Waals surface area contributed by atoms with E-state index in [4.69, 9.17) is 0 Å². The minimum absolute atomic E-state index is 0.128. The third-order valence-electron chi connectivity index (χ3n) is 3.77. The SMILES string of the molecule is Cc1ccccc1-n1cccc1/C=C1/SC(=O)N(C(C)C)C1=O. The van der Waals surface area contributed by atoms with Crippen molar-refractivity contribution in [1.29, 1.82) is 0 Å². The van der Waals surface area contributed by atoms with Crippen LogP contribution in [0.15, 0.2) is 47.5 Å². The summed E-state index contributed by atoms with van der Waals surface area (Å²) in [7, 11) is 0. The number of rotatable bonds is 3. The molecule has 1 saturated heterocycles. The number of carbonyl (C=O) groups excluding carboxylic acids is 2. The van der Waals surface area contributed by atoms with Gasteiger partial charge in [0.05, 0.1) is 4.91 Å². The van der Waals surface area contributed by atoms with Gasteiger partial charge in [-0.3, -0.25) is 14.5 Å². The number of hydrogen-bond donors (Lipinski definition) is 0. The molecule has 4 nitrogen and oxygen atoms in total. The Morgan fingerprint density at radius 2 is 1.83 bits per heavy atom. The summed E-state index contributed by atoms with van der Waals surface area (Å²) in [6.07, 6.45) is 3.75. The van der Waals surface area contributed by atoms with Gasteiger partial charge in [0.25, 0.3) is 11.1 Å². The summed E-state index contributed by atoms with van der Waals surface area (Å²) in [5.74, 6) is -0.215. The van der Waals surface area contributed by atoms with Crippen LogP contribution in [-0.4, -0.2) is 26.7 Å². The summed E-state index contributed by atoms with van der Waals surface area (Å²) in [5.41, 5.74) is 3.09. The molecule has 1 aliphatic heterocycles. The fraction of sp³-hybridized carbons (Fsp3) is 0.222. The molecule has 0 saturated carbocycles. The molecule has 2 aromatic rings. The number of thioether (sulfide) groups is 1. The van der Waals surface area contributed by atoms with Crippen LogP contribution in [0.1, 0.15) is 25.1 Å². The summed E-state index contributed by atoms with van der Waals surface area (Å²) < 4.78 is 2.03. The van der Waals surface area contributed by atoms with Crippen molar-refractivity contribution in [1.82, 2.24) is 9.47 Å². The molecule has 0 atom stereocenters. The maximum atomic E-state index is 12.4. The van der Waals surface area contributed by atoms with E-state index in [9.17, 15) is 9.59 Å². The van der Waals surface area contributed by atoms with Crippen LogP contribution in [0, 0.1) is 6.92 Å². The molecule has 1 aromatic heterocycles. The Hall–Kier alpha value is -2.27. The van der Waals surface area contributed by atoms with Gasteiger partial charge < -0.3 is 4.57 Å². The van der Waals surface area contributed by atoms with E-state index in [1.54, 1.807) is 6.08 Å². The van der Waals surface area contributed by atoms with Gasteiger partial charge in [0.1, 0.15) is 0 Å². The molecule has 23 heavy (non-hydrogen) atoms. The van der Waals surface area contributed by atoms with E-state index in [1.807, 2.05) is 67.9 Å². The van der Waals surface area contributed by atoms with Gasteiger partial charge in [-0.05, 0) is 62.4 Å². The first kappa shape index (κ1) is 15.6. The van der Waals surface area contributed by atoms with Gasteiger partial charge in [0.15, 0.2) is 0 Å². The van der Waals surface area contributed by atoms with E-state index < -0.39 is 0 Å². The van der Waals surface area contributed by atoms with Crippen molar-refractivity contribution in [3.05, 3.63) is 58.8 Å². The van der Waals surface area contributed by atoms with Crippen LogP contribution in [0.2, 0.25) is 0 Å². The van der Waals surface area contributed by atoms with Gasteiger partial charge >= 0.3 is 0 Å². The Labute approximate surface area is 139 Å².